The van der Waals surface area contributed by atoms with Crippen molar-refractivity contribution in [2.75, 3.05) is 0 Å². The third-order valence-electron chi connectivity index (χ3n) is 4.92. The van der Waals surface area contributed by atoms with Gasteiger partial charge in [0.25, 0.3) is 0 Å². The molecule has 1 aromatic heterocycles. The van der Waals surface area contributed by atoms with Crippen molar-refractivity contribution < 1.29 is 13.2 Å². The molecular weight excluding hydrogens is 366 g/mol. The first kappa shape index (κ1) is 19.5. The van der Waals surface area contributed by atoms with E-state index in [1.807, 2.05) is 13.8 Å². The maximum absolute atomic E-state index is 12.9. The lowest BCUT2D eigenvalue weighted by Gasteiger charge is -2.24. The van der Waals surface area contributed by atoms with E-state index >= 15 is 0 Å². The van der Waals surface area contributed by atoms with E-state index in [0.29, 0.717) is 11.3 Å². The molecule has 0 bridgehead atoms. The number of rotatable bonds is 6. The van der Waals surface area contributed by atoms with E-state index in [2.05, 4.69) is 15.6 Å². The summed E-state index contributed by atoms with van der Waals surface area (Å²) in [5.74, 6) is -0.0552. The predicted octanol–water partition coefficient (Wildman–Crippen LogP) is 1.85. The maximum atomic E-state index is 12.9. The zero-order chi connectivity index (χ0) is 19.6. The number of amides is 1. The first-order chi connectivity index (χ1) is 12.8. The van der Waals surface area contributed by atoms with Crippen molar-refractivity contribution in [3.8, 4) is 11.3 Å². The number of hydrogen-bond acceptors (Lipinski definition) is 5. The number of carbonyl (C=O) groups excluding carboxylic acids is 1. The highest BCUT2D eigenvalue weighted by Gasteiger charge is 2.30. The maximum Gasteiger partial charge on any atom is 0.245 e. The molecule has 0 spiro atoms. The number of nitrogens with one attached hydrogen (secondary N) is 1. The van der Waals surface area contributed by atoms with Gasteiger partial charge in [0.05, 0.1) is 16.8 Å². The molecule has 27 heavy (non-hydrogen) atoms. The summed E-state index contributed by atoms with van der Waals surface area (Å²) < 4.78 is 24.5. The lowest BCUT2D eigenvalue weighted by atomic mass is 10.0. The summed E-state index contributed by atoms with van der Waals surface area (Å²) in [5, 5.41) is 16.4. The van der Waals surface area contributed by atoms with Crippen molar-refractivity contribution in [2.45, 2.75) is 56.5 Å². The van der Waals surface area contributed by atoms with Crippen LogP contribution >= 0.6 is 0 Å². The van der Waals surface area contributed by atoms with Crippen LogP contribution in [-0.4, -0.2) is 35.4 Å². The Morgan fingerprint density at radius 1 is 1.22 bits per heavy atom. The molecule has 9 heteroatoms. The molecule has 1 aliphatic rings. The summed E-state index contributed by atoms with van der Waals surface area (Å²) in [4.78, 5) is 12.9. The molecule has 1 saturated carbocycles. The molecule has 0 aliphatic heterocycles. The second-order valence-electron chi connectivity index (χ2n) is 7.31. The predicted molar refractivity (Wildman–Crippen MR) is 101 cm³/mol. The van der Waals surface area contributed by atoms with E-state index in [-0.39, 0.29) is 22.8 Å². The fourth-order valence-electron chi connectivity index (χ4n) is 3.52. The van der Waals surface area contributed by atoms with Gasteiger partial charge in [-0.3, -0.25) is 4.79 Å². The second kappa shape index (κ2) is 7.77. The Morgan fingerprint density at radius 3 is 2.41 bits per heavy atom. The quantitative estimate of drug-likeness (QED) is 0.778. The van der Waals surface area contributed by atoms with Crippen LogP contribution in [0, 0.1) is 5.92 Å². The van der Waals surface area contributed by atoms with Crippen molar-refractivity contribution in [1.82, 2.24) is 20.3 Å². The molecule has 0 radical (unpaired) electrons. The minimum absolute atomic E-state index is 0.00976. The number of carbonyl (C=O) groups is 1. The summed E-state index contributed by atoms with van der Waals surface area (Å²) in [7, 11) is -3.76. The summed E-state index contributed by atoms with van der Waals surface area (Å²) in [6.07, 6.45) is 5.88. The van der Waals surface area contributed by atoms with Crippen molar-refractivity contribution >= 4 is 15.9 Å². The summed E-state index contributed by atoms with van der Waals surface area (Å²) in [6.45, 7) is 3.93. The molecular formula is C18H25N5O3S. The number of benzene rings is 1. The van der Waals surface area contributed by atoms with Crippen LogP contribution in [0.3, 0.4) is 0 Å². The number of hydrogen-bond donors (Lipinski definition) is 2. The lowest BCUT2D eigenvalue weighted by Crippen LogP contribution is -2.41. The third kappa shape index (κ3) is 4.36. The fourth-order valence-corrected chi connectivity index (χ4v) is 4.04. The Balaban J connectivity index is 1.89. The van der Waals surface area contributed by atoms with Gasteiger partial charge >= 0.3 is 0 Å². The molecule has 146 valence electrons. The van der Waals surface area contributed by atoms with E-state index in [1.165, 1.54) is 12.1 Å². The summed E-state index contributed by atoms with van der Waals surface area (Å²) >= 11 is 0. The van der Waals surface area contributed by atoms with Gasteiger partial charge < -0.3 is 5.32 Å². The highest BCUT2D eigenvalue weighted by Crippen LogP contribution is 2.27. The van der Waals surface area contributed by atoms with E-state index in [0.717, 1.165) is 25.7 Å². The van der Waals surface area contributed by atoms with Crippen molar-refractivity contribution in [3.05, 3.63) is 30.5 Å². The fraction of sp³-hybridized carbons (Fsp3) is 0.500. The Bertz CT molecular complexity index is 899. The molecule has 1 aromatic carbocycles. The van der Waals surface area contributed by atoms with Crippen LogP contribution in [0.15, 0.2) is 35.4 Å². The van der Waals surface area contributed by atoms with Crippen LogP contribution in [-0.2, 0) is 14.8 Å². The van der Waals surface area contributed by atoms with Crippen LogP contribution < -0.4 is 10.5 Å². The summed E-state index contributed by atoms with van der Waals surface area (Å²) in [6, 6.07) is 5.87. The van der Waals surface area contributed by atoms with Crippen molar-refractivity contribution in [1.29, 1.82) is 0 Å². The van der Waals surface area contributed by atoms with Gasteiger partial charge in [-0.05, 0) is 30.9 Å². The second-order valence-corrected chi connectivity index (χ2v) is 8.87. The first-order valence-electron chi connectivity index (χ1n) is 9.11. The number of aromatic nitrogens is 3. The van der Waals surface area contributed by atoms with Crippen molar-refractivity contribution in [2.24, 2.45) is 11.1 Å². The van der Waals surface area contributed by atoms with Gasteiger partial charge in [-0.25, -0.2) is 18.2 Å². The Hall–Kier alpha value is -2.26. The molecule has 1 aliphatic carbocycles. The zero-order valence-electron chi connectivity index (χ0n) is 15.5. The molecule has 2 aromatic rings. The SMILES string of the molecule is CC(C)[C@@H](C(=O)NC1CCCC1)n1nncc1-c1ccc(S(N)(=O)=O)cc1. The molecule has 3 N–H and O–H groups in total. The van der Waals surface area contributed by atoms with Gasteiger partial charge in [0, 0.05) is 11.6 Å². The van der Waals surface area contributed by atoms with E-state index in [4.69, 9.17) is 5.14 Å². The highest BCUT2D eigenvalue weighted by atomic mass is 32.2. The molecule has 8 nitrogen and oxygen atoms in total. The molecule has 1 amide bonds. The summed E-state index contributed by atoms with van der Waals surface area (Å²) in [5.41, 5.74) is 1.36. The average molecular weight is 391 g/mol. The Labute approximate surface area is 159 Å². The standard InChI is InChI=1S/C18H25N5O3S/c1-12(2)17(18(24)21-14-5-3-4-6-14)23-16(11-20-22-23)13-7-9-15(10-8-13)27(19,25)26/h7-12,14,17H,3-6H2,1-2H3,(H,21,24)(H2,19,25,26)/t17-/m0/s1. The smallest absolute Gasteiger partial charge is 0.245 e. The van der Waals surface area contributed by atoms with Gasteiger partial charge in [-0.15, -0.1) is 5.10 Å². The lowest BCUT2D eigenvalue weighted by molar-refractivity contribution is -0.126. The minimum Gasteiger partial charge on any atom is -0.352 e. The number of nitrogens with zero attached hydrogens (tertiary/aromatic N) is 3. The molecule has 0 saturated heterocycles. The number of nitrogens with two attached hydrogens (primary N) is 1. The topological polar surface area (TPSA) is 120 Å². The normalized spacial score (nSPS) is 16.6. The molecule has 1 atom stereocenters. The first-order valence-corrected chi connectivity index (χ1v) is 10.7. The monoisotopic (exact) mass is 391 g/mol. The largest absolute Gasteiger partial charge is 0.352 e. The Morgan fingerprint density at radius 2 is 1.85 bits per heavy atom. The van der Waals surface area contributed by atoms with Gasteiger partial charge in [-0.2, -0.15) is 0 Å². The van der Waals surface area contributed by atoms with Crippen molar-refractivity contribution in [3.63, 3.8) is 0 Å². The number of sulfonamides is 1. The molecule has 3 rings (SSSR count). The molecule has 1 heterocycles. The van der Waals surface area contributed by atoms with Crippen LogP contribution in [0.5, 0.6) is 0 Å². The zero-order valence-corrected chi connectivity index (χ0v) is 16.3. The van der Waals surface area contributed by atoms with Gasteiger partial charge in [0.1, 0.15) is 6.04 Å². The van der Waals surface area contributed by atoms with Crippen LogP contribution in [0.2, 0.25) is 0 Å². The van der Waals surface area contributed by atoms with Crippen LogP contribution in [0.25, 0.3) is 11.3 Å². The van der Waals surface area contributed by atoms with E-state index in [1.54, 1.807) is 23.0 Å². The van der Waals surface area contributed by atoms with Gasteiger partial charge in [-0.1, -0.05) is 44.0 Å². The van der Waals surface area contributed by atoms with E-state index in [9.17, 15) is 13.2 Å². The Kier molecular flexibility index (Phi) is 5.61. The van der Waals surface area contributed by atoms with Gasteiger partial charge in [0.2, 0.25) is 15.9 Å². The number of primary sulfonamides is 1. The van der Waals surface area contributed by atoms with Crippen LogP contribution in [0.1, 0.15) is 45.6 Å². The highest BCUT2D eigenvalue weighted by molar-refractivity contribution is 7.89. The van der Waals surface area contributed by atoms with E-state index < -0.39 is 16.1 Å². The minimum atomic E-state index is -3.76. The van der Waals surface area contributed by atoms with Crippen LogP contribution in [0.4, 0.5) is 0 Å². The van der Waals surface area contributed by atoms with Gasteiger partial charge in [0.15, 0.2) is 0 Å². The molecule has 1 fully saturated rings. The molecule has 0 unspecified atom stereocenters. The average Bonchev–Trinajstić information content (AvgIpc) is 3.26. The third-order valence-corrected chi connectivity index (χ3v) is 5.85.